The van der Waals surface area contributed by atoms with E-state index in [2.05, 4.69) is 12.0 Å². The number of anilines is 1. The summed E-state index contributed by atoms with van der Waals surface area (Å²) in [5.41, 5.74) is 2.25. The van der Waals surface area contributed by atoms with Crippen LogP contribution < -0.4 is 10.4 Å². The Morgan fingerprint density at radius 1 is 1.22 bits per heavy atom. The zero-order chi connectivity index (χ0) is 26.6. The normalized spacial score (nSPS) is 22.2. The molecule has 10 heteroatoms. The molecular formula is C26H37N3O6S. The molecule has 1 N–H and O–H groups in total. The number of carbonyl (C=O) groups is 2. The molecule has 1 heterocycles. The average Bonchev–Trinajstić information content (AvgIpc) is 3.34. The van der Waals surface area contributed by atoms with Crippen molar-refractivity contribution in [3.8, 4) is 0 Å². The first-order valence-corrected chi connectivity index (χ1v) is 13.7. The monoisotopic (exact) mass is 519 g/mol. The predicted octanol–water partition coefficient (Wildman–Crippen LogP) is 4.52. The maximum Gasteiger partial charge on any atom is 0.424 e. The molecular weight excluding hydrogens is 482 g/mol. The Balaban J connectivity index is 1.90. The lowest BCUT2D eigenvalue weighted by molar-refractivity contribution is -0.157. The average molecular weight is 520 g/mol. The van der Waals surface area contributed by atoms with Gasteiger partial charge in [0.25, 0.3) is 10.0 Å². The minimum atomic E-state index is -4.23. The Bertz CT molecular complexity index is 1080. The van der Waals surface area contributed by atoms with Gasteiger partial charge in [0, 0.05) is 12.7 Å². The van der Waals surface area contributed by atoms with Gasteiger partial charge in [-0.3, -0.25) is 9.80 Å². The van der Waals surface area contributed by atoms with Crippen molar-refractivity contribution < 1.29 is 27.5 Å². The minimum Gasteiger partial charge on any atom is -0.466 e. The maximum atomic E-state index is 13.8. The van der Waals surface area contributed by atoms with Crippen molar-refractivity contribution in [2.24, 2.45) is 5.41 Å². The van der Waals surface area contributed by atoms with Crippen LogP contribution in [0.1, 0.15) is 59.8 Å². The van der Waals surface area contributed by atoms with E-state index >= 15 is 0 Å². The molecule has 1 fully saturated rings. The number of benzene rings is 1. The molecule has 1 aromatic carbocycles. The number of carbonyl (C=O) groups excluding carboxylic acids is 2. The molecule has 2 aliphatic rings. The van der Waals surface area contributed by atoms with E-state index in [-0.39, 0.29) is 17.5 Å². The van der Waals surface area contributed by atoms with Gasteiger partial charge in [0.15, 0.2) is 0 Å². The first-order valence-electron chi connectivity index (χ1n) is 12.3. The molecule has 0 atom stereocenters. The van der Waals surface area contributed by atoms with Crippen LogP contribution in [0.3, 0.4) is 0 Å². The molecule has 1 aliphatic heterocycles. The zero-order valence-electron chi connectivity index (χ0n) is 21.5. The fraction of sp³-hybridized carbons (Fsp3) is 0.538. The molecule has 0 aromatic heterocycles. The smallest absolute Gasteiger partial charge is 0.424 e. The summed E-state index contributed by atoms with van der Waals surface area (Å²) in [6.07, 6.45) is 6.37. The van der Waals surface area contributed by atoms with Crippen LogP contribution >= 0.6 is 0 Å². The highest BCUT2D eigenvalue weighted by Gasteiger charge is 2.47. The van der Waals surface area contributed by atoms with Crippen molar-refractivity contribution in [2.75, 3.05) is 18.2 Å². The van der Waals surface area contributed by atoms with Crippen LogP contribution in [0.5, 0.6) is 0 Å². The van der Waals surface area contributed by atoms with Crippen LogP contribution in [0.25, 0.3) is 0 Å². The number of hydrogen-bond acceptors (Lipinski definition) is 8. The van der Waals surface area contributed by atoms with Gasteiger partial charge < -0.3 is 9.47 Å². The standard InChI is InChI=1S/C26H37N3O6S/c1-6-15-26(23(30)34-7-2)16-13-21(14-17-26)29(24(31)35-25(3,4)5)36(32,33)22-11-9-20(10-12-22)28-19-8-18-27-28/h6,8-12,19,21,27H,1,7,13-18H2,2-5H3. The van der Waals surface area contributed by atoms with Gasteiger partial charge in [-0.2, -0.15) is 4.31 Å². The van der Waals surface area contributed by atoms with Crippen LogP contribution in [-0.2, 0) is 24.3 Å². The second kappa shape index (κ2) is 11.0. The molecule has 1 aliphatic carbocycles. The molecule has 198 valence electrons. The molecule has 0 saturated heterocycles. The zero-order valence-corrected chi connectivity index (χ0v) is 22.3. The summed E-state index contributed by atoms with van der Waals surface area (Å²) in [5, 5.41) is 1.79. The lowest BCUT2D eigenvalue weighted by atomic mass is 9.70. The number of nitrogens with zero attached hydrogens (tertiary/aromatic N) is 2. The third-order valence-corrected chi connectivity index (χ3v) is 8.20. The van der Waals surface area contributed by atoms with E-state index in [9.17, 15) is 18.0 Å². The molecule has 0 bridgehead atoms. The van der Waals surface area contributed by atoms with Crippen molar-refractivity contribution in [3.05, 3.63) is 49.2 Å². The summed E-state index contributed by atoms with van der Waals surface area (Å²) in [6, 6.07) is 5.68. The van der Waals surface area contributed by atoms with E-state index in [0.29, 0.717) is 38.6 Å². The van der Waals surface area contributed by atoms with Crippen LogP contribution in [0.15, 0.2) is 54.1 Å². The number of nitrogens with one attached hydrogen (secondary N) is 1. The predicted molar refractivity (Wildman–Crippen MR) is 137 cm³/mol. The van der Waals surface area contributed by atoms with E-state index in [1.165, 1.54) is 12.1 Å². The van der Waals surface area contributed by atoms with Crippen LogP contribution in [0.2, 0.25) is 0 Å². The third-order valence-electron chi connectivity index (χ3n) is 6.37. The minimum absolute atomic E-state index is 0.00592. The van der Waals surface area contributed by atoms with E-state index in [1.54, 1.807) is 50.9 Å². The number of hydrazine groups is 1. The van der Waals surface area contributed by atoms with Gasteiger partial charge in [-0.25, -0.2) is 18.6 Å². The number of allylic oxidation sites excluding steroid dienone is 1. The van der Waals surface area contributed by atoms with Crippen molar-refractivity contribution >= 4 is 27.8 Å². The summed E-state index contributed by atoms with van der Waals surface area (Å²) in [7, 11) is -4.23. The summed E-state index contributed by atoms with van der Waals surface area (Å²) < 4.78 is 39.3. The molecule has 1 saturated carbocycles. The fourth-order valence-electron chi connectivity index (χ4n) is 4.62. The number of hydrogen-bond donors (Lipinski definition) is 1. The Morgan fingerprint density at radius 2 is 1.86 bits per heavy atom. The largest absolute Gasteiger partial charge is 0.466 e. The van der Waals surface area contributed by atoms with Gasteiger partial charge in [0.05, 0.1) is 28.6 Å². The molecule has 9 nitrogen and oxygen atoms in total. The van der Waals surface area contributed by atoms with Crippen LogP contribution in [0.4, 0.5) is 10.5 Å². The van der Waals surface area contributed by atoms with E-state index < -0.39 is 33.2 Å². The number of amides is 1. The highest BCUT2D eigenvalue weighted by molar-refractivity contribution is 7.89. The lowest BCUT2D eigenvalue weighted by Crippen LogP contribution is -2.50. The number of ether oxygens (including phenoxy) is 2. The van der Waals surface area contributed by atoms with Crippen LogP contribution in [-0.4, -0.2) is 49.6 Å². The second-order valence-corrected chi connectivity index (χ2v) is 11.9. The van der Waals surface area contributed by atoms with E-state index in [1.807, 2.05) is 12.3 Å². The first-order chi connectivity index (χ1) is 16.9. The highest BCUT2D eigenvalue weighted by Crippen LogP contribution is 2.43. The topological polar surface area (TPSA) is 105 Å². The summed E-state index contributed by atoms with van der Waals surface area (Å²) in [5.74, 6) is -0.310. The van der Waals surface area contributed by atoms with Gasteiger partial charge in [0.2, 0.25) is 0 Å². The van der Waals surface area contributed by atoms with Crippen LogP contribution in [0, 0.1) is 5.41 Å². The Morgan fingerprint density at radius 3 is 2.36 bits per heavy atom. The Labute approximate surface area is 214 Å². The Hall–Kier alpha value is -2.85. The first kappa shape index (κ1) is 27.7. The van der Waals surface area contributed by atoms with Gasteiger partial charge in [-0.1, -0.05) is 12.2 Å². The Kier molecular flexibility index (Phi) is 8.51. The lowest BCUT2D eigenvalue weighted by Gasteiger charge is -2.41. The van der Waals surface area contributed by atoms with Crippen molar-refractivity contribution in [1.82, 2.24) is 9.73 Å². The summed E-state index contributed by atoms with van der Waals surface area (Å²) in [6.45, 7) is 11.6. The van der Waals surface area contributed by atoms with Gasteiger partial charge in [0.1, 0.15) is 5.60 Å². The highest BCUT2D eigenvalue weighted by atomic mass is 32.2. The summed E-state index contributed by atoms with van der Waals surface area (Å²) in [4.78, 5) is 26.0. The van der Waals surface area contributed by atoms with E-state index in [0.717, 1.165) is 9.99 Å². The molecule has 1 amide bonds. The molecule has 3 rings (SSSR count). The number of sulfonamides is 1. The molecule has 36 heavy (non-hydrogen) atoms. The number of rotatable bonds is 8. The molecule has 0 radical (unpaired) electrons. The van der Waals surface area contributed by atoms with Crippen molar-refractivity contribution in [1.29, 1.82) is 0 Å². The SMILES string of the molecule is C=CCC1(C(=O)OCC)CCC(N(C(=O)OC(C)(C)C)S(=O)(=O)c2ccc(N3C=CCN3)cc2)CC1. The number of esters is 1. The van der Waals surface area contributed by atoms with Gasteiger partial charge >= 0.3 is 12.1 Å². The third kappa shape index (κ3) is 6.10. The van der Waals surface area contributed by atoms with Gasteiger partial charge in [-0.15, -0.1) is 6.58 Å². The molecule has 0 spiro atoms. The summed E-state index contributed by atoms with van der Waals surface area (Å²) >= 11 is 0. The second-order valence-electron chi connectivity index (χ2n) is 10.1. The maximum absolute atomic E-state index is 13.8. The quantitative estimate of drug-likeness (QED) is 0.395. The van der Waals surface area contributed by atoms with Crippen molar-refractivity contribution in [3.63, 3.8) is 0 Å². The van der Waals surface area contributed by atoms with Gasteiger partial charge in [-0.05, 0) is 84.1 Å². The van der Waals surface area contributed by atoms with E-state index in [4.69, 9.17) is 9.47 Å². The molecule has 1 aromatic rings. The fourth-order valence-corrected chi connectivity index (χ4v) is 6.17. The molecule has 0 unspecified atom stereocenters. The van der Waals surface area contributed by atoms with Crippen molar-refractivity contribution in [2.45, 2.75) is 76.3 Å².